The Morgan fingerprint density at radius 3 is 2.74 bits per heavy atom. The van der Waals surface area contributed by atoms with E-state index in [9.17, 15) is 4.39 Å². The van der Waals surface area contributed by atoms with Crippen molar-refractivity contribution in [3.63, 3.8) is 0 Å². The summed E-state index contributed by atoms with van der Waals surface area (Å²) in [6, 6.07) is 7.21. The number of halogens is 1. The van der Waals surface area contributed by atoms with Crippen molar-refractivity contribution in [1.82, 2.24) is 10.2 Å². The smallest absolute Gasteiger partial charge is 0.127 e. The Morgan fingerprint density at radius 1 is 1.32 bits per heavy atom. The molecule has 2 nitrogen and oxygen atoms in total. The molecular formula is C15H23FN2S. The van der Waals surface area contributed by atoms with E-state index in [2.05, 4.69) is 17.1 Å². The average Bonchev–Trinajstić information content (AvgIpc) is 2.46. The van der Waals surface area contributed by atoms with Gasteiger partial charge < -0.3 is 10.2 Å². The zero-order chi connectivity index (χ0) is 13.5. The third-order valence-corrected chi connectivity index (χ3v) is 4.55. The van der Waals surface area contributed by atoms with Crippen LogP contribution in [0.2, 0.25) is 0 Å². The molecule has 1 atom stereocenters. The van der Waals surface area contributed by atoms with Crippen LogP contribution in [0.3, 0.4) is 0 Å². The first kappa shape index (κ1) is 14.8. The maximum Gasteiger partial charge on any atom is 0.127 e. The SMILES string of the molecule is CCC(NCCN1CCSCC1)c1ccccc1F. The van der Waals surface area contributed by atoms with E-state index in [1.54, 1.807) is 12.1 Å². The van der Waals surface area contributed by atoms with Gasteiger partial charge in [-0.05, 0) is 12.5 Å². The fourth-order valence-corrected chi connectivity index (χ4v) is 3.43. The van der Waals surface area contributed by atoms with Crippen molar-refractivity contribution in [1.29, 1.82) is 0 Å². The van der Waals surface area contributed by atoms with Crippen molar-refractivity contribution >= 4 is 11.8 Å². The Bertz CT molecular complexity index is 380. The van der Waals surface area contributed by atoms with Gasteiger partial charge in [-0.25, -0.2) is 4.39 Å². The molecule has 106 valence electrons. The maximum absolute atomic E-state index is 13.8. The summed E-state index contributed by atoms with van der Waals surface area (Å²) in [7, 11) is 0. The molecule has 4 heteroatoms. The Morgan fingerprint density at radius 2 is 2.05 bits per heavy atom. The standard InChI is InChI=1S/C15H23FN2S/c1-2-15(13-5-3-4-6-14(13)16)17-7-8-18-9-11-19-12-10-18/h3-6,15,17H,2,7-12H2,1H3. The molecule has 1 saturated heterocycles. The lowest BCUT2D eigenvalue weighted by atomic mass is 10.0. The first-order valence-corrected chi connectivity index (χ1v) is 8.24. The van der Waals surface area contributed by atoms with Crippen molar-refractivity contribution in [2.75, 3.05) is 37.7 Å². The molecule has 1 aromatic rings. The van der Waals surface area contributed by atoms with Crippen LogP contribution in [-0.4, -0.2) is 42.6 Å². The summed E-state index contributed by atoms with van der Waals surface area (Å²) in [5.74, 6) is 2.38. The van der Waals surface area contributed by atoms with Crippen molar-refractivity contribution in [2.45, 2.75) is 19.4 Å². The molecule has 1 heterocycles. The van der Waals surface area contributed by atoms with Crippen LogP contribution < -0.4 is 5.32 Å². The molecule has 1 N–H and O–H groups in total. The van der Waals surface area contributed by atoms with Crippen LogP contribution in [0, 0.1) is 5.82 Å². The molecule has 0 spiro atoms. The first-order chi connectivity index (χ1) is 9.31. The molecule has 1 aromatic carbocycles. The minimum absolute atomic E-state index is 0.101. The summed E-state index contributed by atoms with van der Waals surface area (Å²) in [4.78, 5) is 2.48. The molecule has 0 saturated carbocycles. The fraction of sp³-hybridized carbons (Fsp3) is 0.600. The summed E-state index contributed by atoms with van der Waals surface area (Å²) in [6.45, 7) is 6.45. The van der Waals surface area contributed by atoms with E-state index in [0.29, 0.717) is 0 Å². The first-order valence-electron chi connectivity index (χ1n) is 7.09. The molecule has 19 heavy (non-hydrogen) atoms. The number of nitrogens with zero attached hydrogens (tertiary/aromatic N) is 1. The van der Waals surface area contributed by atoms with Crippen molar-refractivity contribution in [3.8, 4) is 0 Å². The molecule has 2 rings (SSSR count). The number of rotatable bonds is 6. The molecule has 0 aliphatic carbocycles. The van der Waals surface area contributed by atoms with E-state index in [1.807, 2.05) is 23.9 Å². The molecule has 1 unspecified atom stereocenters. The fourth-order valence-electron chi connectivity index (χ4n) is 2.45. The number of hydrogen-bond donors (Lipinski definition) is 1. The van der Waals surface area contributed by atoms with Gasteiger partial charge in [-0.1, -0.05) is 25.1 Å². The molecular weight excluding hydrogens is 259 g/mol. The van der Waals surface area contributed by atoms with Crippen LogP contribution in [0.15, 0.2) is 24.3 Å². The molecule has 0 amide bonds. The zero-order valence-corrected chi connectivity index (χ0v) is 12.4. The highest BCUT2D eigenvalue weighted by Gasteiger charge is 2.14. The number of hydrogen-bond acceptors (Lipinski definition) is 3. The molecule has 0 aromatic heterocycles. The third kappa shape index (κ3) is 4.48. The molecule has 0 radical (unpaired) electrons. The largest absolute Gasteiger partial charge is 0.309 e. The van der Waals surface area contributed by atoms with Gasteiger partial charge >= 0.3 is 0 Å². The highest BCUT2D eigenvalue weighted by molar-refractivity contribution is 7.99. The van der Waals surface area contributed by atoms with Crippen LogP contribution >= 0.6 is 11.8 Å². The highest BCUT2D eigenvalue weighted by Crippen LogP contribution is 2.19. The molecule has 0 bridgehead atoms. The minimum atomic E-state index is -0.101. The Kier molecular flexibility index (Phi) is 6.14. The van der Waals surface area contributed by atoms with Crippen LogP contribution in [0.25, 0.3) is 0 Å². The second-order valence-electron chi connectivity index (χ2n) is 4.89. The van der Waals surface area contributed by atoms with E-state index in [4.69, 9.17) is 0 Å². The van der Waals surface area contributed by atoms with Gasteiger partial charge in [0, 0.05) is 49.3 Å². The summed E-state index contributed by atoms with van der Waals surface area (Å²) in [5, 5.41) is 3.49. The molecule has 1 aliphatic heterocycles. The lowest BCUT2D eigenvalue weighted by molar-refractivity contribution is 0.294. The van der Waals surface area contributed by atoms with E-state index < -0.39 is 0 Å². The Hall–Kier alpha value is -0.580. The predicted molar refractivity (Wildman–Crippen MR) is 81.2 cm³/mol. The van der Waals surface area contributed by atoms with Crippen LogP contribution in [0.1, 0.15) is 24.9 Å². The quantitative estimate of drug-likeness (QED) is 0.863. The summed E-state index contributed by atoms with van der Waals surface area (Å²) in [6.07, 6.45) is 0.913. The monoisotopic (exact) mass is 282 g/mol. The van der Waals surface area contributed by atoms with Crippen LogP contribution in [0.4, 0.5) is 4.39 Å². The topological polar surface area (TPSA) is 15.3 Å². The maximum atomic E-state index is 13.8. The van der Waals surface area contributed by atoms with Gasteiger partial charge in [0.15, 0.2) is 0 Å². The number of benzene rings is 1. The minimum Gasteiger partial charge on any atom is -0.309 e. The van der Waals surface area contributed by atoms with E-state index in [0.717, 1.165) is 25.1 Å². The normalized spacial score (nSPS) is 18.4. The van der Waals surface area contributed by atoms with Crippen LogP contribution in [0.5, 0.6) is 0 Å². The molecule has 1 fully saturated rings. The average molecular weight is 282 g/mol. The van der Waals surface area contributed by atoms with Gasteiger partial charge in [-0.15, -0.1) is 0 Å². The van der Waals surface area contributed by atoms with Crippen molar-refractivity contribution in [3.05, 3.63) is 35.6 Å². The zero-order valence-electron chi connectivity index (χ0n) is 11.6. The van der Waals surface area contributed by atoms with Crippen molar-refractivity contribution < 1.29 is 4.39 Å². The predicted octanol–water partition coefficient (Wildman–Crippen LogP) is 2.92. The lowest BCUT2D eigenvalue weighted by Crippen LogP contribution is -2.38. The van der Waals surface area contributed by atoms with Gasteiger partial charge in [0.2, 0.25) is 0 Å². The number of nitrogens with one attached hydrogen (secondary N) is 1. The second-order valence-corrected chi connectivity index (χ2v) is 6.12. The summed E-state index contributed by atoms with van der Waals surface area (Å²) in [5.41, 5.74) is 0.791. The van der Waals surface area contributed by atoms with Gasteiger partial charge in [-0.3, -0.25) is 0 Å². The van der Waals surface area contributed by atoms with Gasteiger partial charge in [0.05, 0.1) is 0 Å². The lowest BCUT2D eigenvalue weighted by Gasteiger charge is -2.27. The molecule has 1 aliphatic rings. The summed E-state index contributed by atoms with van der Waals surface area (Å²) >= 11 is 2.03. The van der Waals surface area contributed by atoms with Gasteiger partial charge in [0.25, 0.3) is 0 Å². The second kappa shape index (κ2) is 7.88. The van der Waals surface area contributed by atoms with E-state index >= 15 is 0 Å². The third-order valence-electron chi connectivity index (χ3n) is 3.61. The Labute approximate surface area is 119 Å². The van der Waals surface area contributed by atoms with Gasteiger partial charge in [0.1, 0.15) is 5.82 Å². The summed E-state index contributed by atoms with van der Waals surface area (Å²) < 4.78 is 13.8. The van der Waals surface area contributed by atoms with Crippen LogP contribution in [-0.2, 0) is 0 Å². The van der Waals surface area contributed by atoms with E-state index in [1.165, 1.54) is 24.6 Å². The van der Waals surface area contributed by atoms with Crippen molar-refractivity contribution in [2.24, 2.45) is 0 Å². The number of thioether (sulfide) groups is 1. The van der Waals surface area contributed by atoms with Gasteiger partial charge in [-0.2, -0.15) is 11.8 Å². The Balaban J connectivity index is 1.81. The highest BCUT2D eigenvalue weighted by atomic mass is 32.2. The van der Waals surface area contributed by atoms with E-state index in [-0.39, 0.29) is 11.9 Å².